The fraction of sp³-hybridized carbons (Fsp3) is 0.385. The number of morpholine rings is 1. The zero-order valence-electron chi connectivity index (χ0n) is 21.8. The summed E-state index contributed by atoms with van der Waals surface area (Å²) < 4.78 is 62.8. The van der Waals surface area contributed by atoms with Crippen molar-refractivity contribution in [2.75, 3.05) is 50.0 Å². The Bertz CT molecular complexity index is 1460. The lowest BCUT2D eigenvalue weighted by Crippen LogP contribution is -2.43. The predicted molar refractivity (Wildman–Crippen MR) is 142 cm³/mol. The van der Waals surface area contributed by atoms with E-state index in [9.17, 15) is 22.4 Å². The Labute approximate surface area is 225 Å². The summed E-state index contributed by atoms with van der Waals surface area (Å²) in [5.74, 6) is -1.43. The molecule has 1 amide bonds. The molecule has 1 aliphatic heterocycles. The summed E-state index contributed by atoms with van der Waals surface area (Å²) in [6, 6.07) is 8.08. The van der Waals surface area contributed by atoms with Gasteiger partial charge in [-0.3, -0.25) is 9.21 Å². The summed E-state index contributed by atoms with van der Waals surface area (Å²) in [7, 11) is -3.78. The topological polar surface area (TPSA) is 142 Å². The number of hydrogen-bond acceptors (Lipinski definition) is 9. The number of nitrogens with zero attached hydrogens (tertiary/aromatic N) is 2. The number of furan rings is 1. The van der Waals surface area contributed by atoms with E-state index >= 15 is 0 Å². The highest BCUT2D eigenvalue weighted by atomic mass is 32.2. The second-order valence-corrected chi connectivity index (χ2v) is 11.2. The standard InChI is InChI=1S/C26H30FN3O8S/c1-16(2)36-22-14-19-21(15-20(22)30(39(3,33)34)9-8-29-10-12-35-13-11-29)37-24(17-4-6-18(27)7-5-17)23(19)25(31)38-26(28)32/h4-7,14-16H,8-13H2,1-3H3,(H2,28,32). The lowest BCUT2D eigenvalue weighted by molar-refractivity contribution is 0.0395. The van der Waals surface area contributed by atoms with E-state index in [-0.39, 0.29) is 46.4 Å². The number of hydrogen-bond donors (Lipinski definition) is 1. The van der Waals surface area contributed by atoms with E-state index in [2.05, 4.69) is 9.64 Å². The summed E-state index contributed by atoms with van der Waals surface area (Å²) in [4.78, 5) is 26.4. The number of carbonyl (C=O) groups excluding carboxylic acids is 2. The van der Waals surface area contributed by atoms with E-state index < -0.39 is 27.9 Å². The predicted octanol–water partition coefficient (Wildman–Crippen LogP) is 3.36. The van der Waals surface area contributed by atoms with Crippen LogP contribution in [-0.4, -0.2) is 77.1 Å². The van der Waals surface area contributed by atoms with Gasteiger partial charge in [0.05, 0.1) is 31.3 Å². The Kier molecular flexibility index (Phi) is 8.42. The first-order valence-electron chi connectivity index (χ1n) is 12.3. The van der Waals surface area contributed by atoms with Gasteiger partial charge in [-0.2, -0.15) is 0 Å². The summed E-state index contributed by atoms with van der Waals surface area (Å²) in [5, 5.41) is 0.196. The Morgan fingerprint density at radius 2 is 1.82 bits per heavy atom. The van der Waals surface area contributed by atoms with Gasteiger partial charge in [0.15, 0.2) is 0 Å². The molecule has 1 saturated heterocycles. The molecule has 2 N–H and O–H groups in total. The molecule has 0 aliphatic carbocycles. The number of anilines is 1. The monoisotopic (exact) mass is 563 g/mol. The molecule has 4 rings (SSSR count). The number of ether oxygens (including phenoxy) is 3. The van der Waals surface area contributed by atoms with Gasteiger partial charge in [-0.15, -0.1) is 0 Å². The minimum absolute atomic E-state index is 0.0110. The lowest BCUT2D eigenvalue weighted by Gasteiger charge is -2.31. The maximum Gasteiger partial charge on any atom is 0.412 e. The highest BCUT2D eigenvalue weighted by Crippen LogP contribution is 2.41. The van der Waals surface area contributed by atoms with Crippen LogP contribution in [-0.2, 0) is 19.5 Å². The molecule has 0 bridgehead atoms. The van der Waals surface area contributed by atoms with E-state index in [1.165, 1.54) is 40.7 Å². The minimum Gasteiger partial charge on any atom is -0.489 e. The fourth-order valence-electron chi connectivity index (χ4n) is 4.33. The van der Waals surface area contributed by atoms with Gasteiger partial charge < -0.3 is 24.4 Å². The van der Waals surface area contributed by atoms with Gasteiger partial charge in [0.2, 0.25) is 10.0 Å². The van der Waals surface area contributed by atoms with Gasteiger partial charge in [-0.05, 0) is 44.2 Å². The SMILES string of the molecule is CC(C)Oc1cc2c(C(=O)OC(N)=O)c(-c3ccc(F)cc3)oc2cc1N(CCN1CCOCC1)S(C)(=O)=O. The highest BCUT2D eigenvalue weighted by molar-refractivity contribution is 7.92. The van der Waals surface area contributed by atoms with Crippen molar-refractivity contribution in [3.05, 3.63) is 47.8 Å². The Morgan fingerprint density at radius 3 is 2.41 bits per heavy atom. The second kappa shape index (κ2) is 11.6. The molecule has 11 nitrogen and oxygen atoms in total. The average Bonchev–Trinajstić information content (AvgIpc) is 3.22. The number of sulfonamides is 1. The van der Waals surface area contributed by atoms with E-state index in [1.807, 2.05) is 0 Å². The molecular weight excluding hydrogens is 533 g/mol. The number of primary amides is 1. The summed E-state index contributed by atoms with van der Waals surface area (Å²) in [6.45, 7) is 6.60. The molecule has 2 aromatic carbocycles. The van der Waals surface area contributed by atoms with Gasteiger partial charge in [-0.25, -0.2) is 22.4 Å². The van der Waals surface area contributed by atoms with Crippen LogP contribution in [0.25, 0.3) is 22.3 Å². The highest BCUT2D eigenvalue weighted by Gasteiger charge is 2.30. The molecule has 0 radical (unpaired) electrons. The number of halogens is 1. The molecule has 1 fully saturated rings. The van der Waals surface area contributed by atoms with Crippen molar-refractivity contribution in [3.8, 4) is 17.1 Å². The molecule has 0 unspecified atom stereocenters. The van der Waals surface area contributed by atoms with Crippen LogP contribution in [0.1, 0.15) is 24.2 Å². The molecule has 3 aromatic rings. The Balaban J connectivity index is 1.89. The maximum absolute atomic E-state index is 13.6. The van der Waals surface area contributed by atoms with Gasteiger partial charge in [0.25, 0.3) is 0 Å². The summed E-state index contributed by atoms with van der Waals surface area (Å²) >= 11 is 0. The molecular formula is C26H30FN3O8S. The molecule has 210 valence electrons. The third kappa shape index (κ3) is 6.67. The number of benzene rings is 2. The number of amides is 1. The molecule has 1 aromatic heterocycles. The second-order valence-electron chi connectivity index (χ2n) is 9.29. The quantitative estimate of drug-likeness (QED) is 0.306. The molecule has 0 spiro atoms. The molecule has 39 heavy (non-hydrogen) atoms. The van der Waals surface area contributed by atoms with Crippen LogP contribution >= 0.6 is 0 Å². The van der Waals surface area contributed by atoms with E-state index in [0.717, 1.165) is 6.26 Å². The maximum atomic E-state index is 13.6. The van der Waals surface area contributed by atoms with Crippen molar-refractivity contribution in [2.45, 2.75) is 20.0 Å². The van der Waals surface area contributed by atoms with Crippen molar-refractivity contribution in [2.24, 2.45) is 5.73 Å². The number of esters is 1. The average molecular weight is 564 g/mol. The molecule has 13 heteroatoms. The Morgan fingerprint density at radius 1 is 1.15 bits per heavy atom. The minimum atomic E-state index is -3.78. The van der Waals surface area contributed by atoms with Crippen molar-refractivity contribution in [1.82, 2.24) is 4.90 Å². The Hall–Kier alpha value is -3.68. The first kappa shape index (κ1) is 28.3. The number of nitrogens with two attached hydrogens (primary N) is 1. The van der Waals surface area contributed by atoms with E-state index in [1.54, 1.807) is 13.8 Å². The third-order valence-electron chi connectivity index (χ3n) is 6.03. The first-order chi connectivity index (χ1) is 18.4. The number of carbonyl (C=O) groups is 2. The molecule has 1 aliphatic rings. The van der Waals surface area contributed by atoms with Gasteiger partial charge in [0, 0.05) is 43.2 Å². The normalized spacial score (nSPS) is 14.5. The smallest absolute Gasteiger partial charge is 0.412 e. The van der Waals surface area contributed by atoms with Crippen molar-refractivity contribution < 1.29 is 41.0 Å². The van der Waals surface area contributed by atoms with Crippen LogP contribution in [0.3, 0.4) is 0 Å². The van der Waals surface area contributed by atoms with Crippen molar-refractivity contribution in [1.29, 1.82) is 0 Å². The van der Waals surface area contributed by atoms with E-state index in [4.69, 9.17) is 19.6 Å². The fourth-order valence-corrected chi connectivity index (χ4v) is 5.24. The summed E-state index contributed by atoms with van der Waals surface area (Å²) in [5.41, 5.74) is 5.59. The van der Waals surface area contributed by atoms with E-state index in [0.29, 0.717) is 38.4 Å². The van der Waals surface area contributed by atoms with Crippen molar-refractivity contribution >= 4 is 38.7 Å². The first-order valence-corrected chi connectivity index (χ1v) is 14.1. The molecule has 0 atom stereocenters. The van der Waals surface area contributed by atoms with Crippen LogP contribution in [0.15, 0.2) is 40.8 Å². The zero-order valence-corrected chi connectivity index (χ0v) is 22.6. The summed E-state index contributed by atoms with van der Waals surface area (Å²) in [6.07, 6.45) is -0.579. The van der Waals surface area contributed by atoms with Crippen LogP contribution in [0, 0.1) is 5.82 Å². The van der Waals surface area contributed by atoms with Crippen LogP contribution < -0.4 is 14.8 Å². The third-order valence-corrected chi connectivity index (χ3v) is 7.21. The van der Waals surface area contributed by atoms with Gasteiger partial charge in [-0.1, -0.05) is 0 Å². The van der Waals surface area contributed by atoms with Crippen LogP contribution in [0.5, 0.6) is 5.75 Å². The number of fused-ring (bicyclic) bond motifs is 1. The lowest BCUT2D eigenvalue weighted by atomic mass is 10.0. The van der Waals surface area contributed by atoms with Crippen LogP contribution in [0.4, 0.5) is 14.9 Å². The zero-order chi connectivity index (χ0) is 28.3. The molecule has 0 saturated carbocycles. The van der Waals surface area contributed by atoms with Crippen LogP contribution in [0.2, 0.25) is 0 Å². The number of rotatable bonds is 9. The van der Waals surface area contributed by atoms with Gasteiger partial charge in [0.1, 0.15) is 28.5 Å². The van der Waals surface area contributed by atoms with Crippen molar-refractivity contribution in [3.63, 3.8) is 0 Å². The largest absolute Gasteiger partial charge is 0.489 e. The molecule has 2 heterocycles. The van der Waals surface area contributed by atoms with Gasteiger partial charge >= 0.3 is 12.1 Å².